The maximum Gasteiger partial charge on any atom is 0.261 e. The highest BCUT2D eigenvalue weighted by molar-refractivity contribution is 7.12. The number of carbonyl (C=O) groups excluding carboxylic acids is 2. The van der Waals surface area contributed by atoms with Crippen molar-refractivity contribution in [3.63, 3.8) is 0 Å². The van der Waals surface area contributed by atoms with Crippen LogP contribution in [0, 0.1) is 0 Å². The Morgan fingerprint density at radius 3 is 2.54 bits per heavy atom. The van der Waals surface area contributed by atoms with Crippen LogP contribution in [0.1, 0.15) is 28.1 Å². The first-order chi connectivity index (χ1) is 13.7. The molecule has 1 aliphatic rings. The maximum atomic E-state index is 12.4. The molecule has 1 N–H and O–H groups in total. The smallest absolute Gasteiger partial charge is 0.261 e. The van der Waals surface area contributed by atoms with Crippen LogP contribution in [0.15, 0.2) is 53.9 Å². The van der Waals surface area contributed by atoms with Crippen LogP contribution >= 0.6 is 11.3 Å². The first-order valence-electron chi connectivity index (χ1n) is 9.76. The molecule has 1 saturated heterocycles. The third-order valence-electron chi connectivity index (χ3n) is 4.80. The van der Waals surface area contributed by atoms with Crippen LogP contribution in [-0.2, 0) is 4.79 Å². The zero-order chi connectivity index (χ0) is 19.6. The molecule has 1 aliphatic heterocycles. The summed E-state index contributed by atoms with van der Waals surface area (Å²) >= 11 is 1.43. The maximum absolute atomic E-state index is 12.4. The average molecular weight is 398 g/mol. The van der Waals surface area contributed by atoms with Crippen molar-refractivity contribution in [2.45, 2.75) is 12.8 Å². The molecule has 2 aromatic rings. The second kappa shape index (κ2) is 10.8. The molecule has 0 radical (unpaired) electrons. The number of carbonyl (C=O) groups is 2. The number of hydrogen-bond acceptors (Lipinski definition) is 4. The van der Waals surface area contributed by atoms with Gasteiger partial charge in [0.25, 0.3) is 5.91 Å². The molecule has 28 heavy (non-hydrogen) atoms. The fourth-order valence-corrected chi connectivity index (χ4v) is 3.82. The van der Waals surface area contributed by atoms with Gasteiger partial charge in [-0.25, -0.2) is 0 Å². The van der Waals surface area contributed by atoms with E-state index in [2.05, 4.69) is 34.5 Å². The quantitative estimate of drug-likeness (QED) is 0.697. The van der Waals surface area contributed by atoms with E-state index in [4.69, 9.17) is 0 Å². The Morgan fingerprint density at radius 1 is 1.04 bits per heavy atom. The third kappa shape index (κ3) is 6.32. The minimum Gasteiger partial charge on any atom is -0.351 e. The summed E-state index contributed by atoms with van der Waals surface area (Å²) in [5, 5.41) is 4.76. The van der Waals surface area contributed by atoms with E-state index in [0.717, 1.165) is 32.7 Å². The third-order valence-corrected chi connectivity index (χ3v) is 5.67. The molecule has 0 aliphatic carbocycles. The first kappa shape index (κ1) is 20.3. The van der Waals surface area contributed by atoms with Crippen LogP contribution < -0.4 is 5.32 Å². The molecule has 3 rings (SSSR count). The van der Waals surface area contributed by atoms with Crippen molar-refractivity contribution in [1.29, 1.82) is 0 Å². The van der Waals surface area contributed by atoms with Crippen molar-refractivity contribution >= 4 is 29.2 Å². The number of rotatable bonds is 8. The van der Waals surface area contributed by atoms with E-state index in [1.165, 1.54) is 16.9 Å². The molecule has 1 aromatic heterocycles. The Bertz CT molecular complexity index is 766. The topological polar surface area (TPSA) is 52.7 Å². The average Bonchev–Trinajstić information content (AvgIpc) is 3.27. The lowest BCUT2D eigenvalue weighted by Crippen LogP contribution is -2.48. The summed E-state index contributed by atoms with van der Waals surface area (Å²) in [5.74, 6) is 0.129. The summed E-state index contributed by atoms with van der Waals surface area (Å²) in [6.07, 6.45) is 5.49. The van der Waals surface area contributed by atoms with Crippen molar-refractivity contribution in [3.05, 3.63) is 64.4 Å². The van der Waals surface area contributed by atoms with Gasteiger partial charge in [-0.15, -0.1) is 11.3 Å². The largest absolute Gasteiger partial charge is 0.351 e. The summed E-state index contributed by atoms with van der Waals surface area (Å²) in [4.78, 5) is 29.2. The molecular formula is C22H27N3O2S. The highest BCUT2D eigenvalue weighted by Crippen LogP contribution is 2.09. The number of hydrogen-bond donors (Lipinski definition) is 1. The predicted molar refractivity (Wildman–Crippen MR) is 114 cm³/mol. The highest BCUT2D eigenvalue weighted by Gasteiger charge is 2.20. The molecule has 0 atom stereocenters. The number of nitrogens with zero attached hydrogens (tertiary/aromatic N) is 2. The fraction of sp³-hybridized carbons (Fsp3) is 0.364. The Kier molecular flexibility index (Phi) is 7.82. The van der Waals surface area contributed by atoms with Gasteiger partial charge in [0.05, 0.1) is 4.88 Å². The van der Waals surface area contributed by atoms with Gasteiger partial charge in [-0.05, 0) is 23.4 Å². The molecular weight excluding hydrogens is 370 g/mol. The predicted octanol–water partition coefficient (Wildman–Crippen LogP) is 3.12. The minimum absolute atomic E-state index is 0.0559. The van der Waals surface area contributed by atoms with Gasteiger partial charge < -0.3 is 10.2 Å². The standard InChI is InChI=1S/C22H27N3O2S/c26-21(11-4-12-23-22(27)20-10-6-18-28-20)25-16-14-24(15-17-25)13-5-9-19-7-2-1-3-8-19/h1-3,5-10,18H,4,11-17H2,(H,23,27). The monoisotopic (exact) mass is 397 g/mol. The molecule has 2 heterocycles. The van der Waals surface area contributed by atoms with E-state index in [1.807, 2.05) is 34.5 Å². The Morgan fingerprint density at radius 2 is 1.82 bits per heavy atom. The normalized spacial score (nSPS) is 15.1. The fourth-order valence-electron chi connectivity index (χ4n) is 3.18. The van der Waals surface area contributed by atoms with Crippen LogP contribution in [0.4, 0.5) is 0 Å². The van der Waals surface area contributed by atoms with Crippen LogP contribution in [0.5, 0.6) is 0 Å². The molecule has 6 heteroatoms. The number of nitrogens with one attached hydrogen (secondary N) is 1. The van der Waals surface area contributed by atoms with E-state index in [1.54, 1.807) is 6.07 Å². The lowest BCUT2D eigenvalue weighted by molar-refractivity contribution is -0.132. The SMILES string of the molecule is O=C(NCCCC(=O)N1CCN(CC=Cc2ccccc2)CC1)c1cccs1. The molecule has 5 nitrogen and oxygen atoms in total. The Hall–Kier alpha value is -2.44. The first-order valence-corrected chi connectivity index (χ1v) is 10.6. The second-order valence-corrected chi connectivity index (χ2v) is 7.78. The molecule has 0 bridgehead atoms. The van der Waals surface area contributed by atoms with E-state index in [-0.39, 0.29) is 11.8 Å². The summed E-state index contributed by atoms with van der Waals surface area (Å²) in [6, 6.07) is 14.0. The lowest BCUT2D eigenvalue weighted by Gasteiger charge is -2.34. The highest BCUT2D eigenvalue weighted by atomic mass is 32.1. The Labute approximate surface area is 170 Å². The van der Waals surface area contributed by atoms with Gasteiger partial charge in [-0.2, -0.15) is 0 Å². The molecule has 0 unspecified atom stereocenters. The number of piperazine rings is 1. The van der Waals surface area contributed by atoms with Gasteiger partial charge in [-0.3, -0.25) is 14.5 Å². The number of benzene rings is 1. The zero-order valence-corrected chi connectivity index (χ0v) is 16.9. The summed E-state index contributed by atoms with van der Waals surface area (Å²) < 4.78 is 0. The molecule has 0 saturated carbocycles. The van der Waals surface area contributed by atoms with Crippen LogP contribution in [-0.4, -0.2) is 60.9 Å². The van der Waals surface area contributed by atoms with Gasteiger partial charge in [0.2, 0.25) is 5.91 Å². The molecule has 0 spiro atoms. The molecule has 1 fully saturated rings. The summed E-state index contributed by atoms with van der Waals surface area (Å²) in [7, 11) is 0. The second-order valence-electron chi connectivity index (χ2n) is 6.83. The Balaban J connectivity index is 1.29. The summed E-state index contributed by atoms with van der Waals surface area (Å²) in [5.41, 5.74) is 1.21. The van der Waals surface area contributed by atoms with Crippen molar-refractivity contribution < 1.29 is 9.59 Å². The van der Waals surface area contributed by atoms with Crippen LogP contribution in [0.2, 0.25) is 0 Å². The van der Waals surface area contributed by atoms with Gasteiger partial charge in [-0.1, -0.05) is 48.6 Å². The number of amides is 2. The minimum atomic E-state index is -0.0559. The van der Waals surface area contributed by atoms with Crippen molar-refractivity contribution in [3.8, 4) is 0 Å². The van der Waals surface area contributed by atoms with Crippen molar-refractivity contribution in [2.75, 3.05) is 39.3 Å². The van der Waals surface area contributed by atoms with Crippen molar-refractivity contribution in [2.24, 2.45) is 0 Å². The van der Waals surface area contributed by atoms with E-state index in [0.29, 0.717) is 24.3 Å². The van der Waals surface area contributed by atoms with Crippen molar-refractivity contribution in [1.82, 2.24) is 15.1 Å². The zero-order valence-electron chi connectivity index (χ0n) is 16.0. The molecule has 2 amide bonds. The van der Waals surface area contributed by atoms with Gasteiger partial charge >= 0.3 is 0 Å². The number of thiophene rings is 1. The van der Waals surface area contributed by atoms with Gasteiger partial charge in [0.1, 0.15) is 0 Å². The van der Waals surface area contributed by atoms with E-state index < -0.39 is 0 Å². The lowest BCUT2D eigenvalue weighted by atomic mass is 10.2. The van der Waals surface area contributed by atoms with Crippen LogP contribution in [0.3, 0.4) is 0 Å². The van der Waals surface area contributed by atoms with E-state index >= 15 is 0 Å². The van der Waals surface area contributed by atoms with E-state index in [9.17, 15) is 9.59 Å². The molecule has 1 aromatic carbocycles. The van der Waals surface area contributed by atoms with Crippen LogP contribution in [0.25, 0.3) is 6.08 Å². The van der Waals surface area contributed by atoms with Gasteiger partial charge in [0, 0.05) is 45.7 Å². The molecule has 148 valence electrons. The van der Waals surface area contributed by atoms with Gasteiger partial charge in [0.15, 0.2) is 0 Å². The summed E-state index contributed by atoms with van der Waals surface area (Å²) in [6.45, 7) is 4.80.